The van der Waals surface area contributed by atoms with E-state index in [-0.39, 0.29) is 11.5 Å². The molecule has 0 aliphatic rings. The van der Waals surface area contributed by atoms with Crippen LogP contribution in [0.25, 0.3) is 0 Å². The lowest BCUT2D eigenvalue weighted by Gasteiger charge is -2.07. The number of esters is 1. The average molecular weight is 304 g/mol. The van der Waals surface area contributed by atoms with E-state index in [1.54, 1.807) is 0 Å². The van der Waals surface area contributed by atoms with Crippen LogP contribution in [0.15, 0.2) is 24.3 Å². The highest BCUT2D eigenvalue weighted by molar-refractivity contribution is 5.91. The highest BCUT2D eigenvalue weighted by Crippen LogP contribution is 2.13. The molecule has 0 bridgehead atoms. The van der Waals surface area contributed by atoms with Crippen LogP contribution in [0.4, 0.5) is 5.82 Å². The van der Waals surface area contributed by atoms with Gasteiger partial charge in [-0.25, -0.2) is 9.48 Å². The Hall–Kier alpha value is -2.57. The second-order valence-electron chi connectivity index (χ2n) is 4.91. The molecule has 2 aromatic rings. The zero-order valence-electron chi connectivity index (χ0n) is 12.8. The fraction of sp³-hybridized carbons (Fsp3) is 0.400. The summed E-state index contributed by atoms with van der Waals surface area (Å²) < 4.78 is 11.7. The second kappa shape index (κ2) is 7.44. The zero-order valence-corrected chi connectivity index (χ0v) is 12.8. The van der Waals surface area contributed by atoms with Crippen molar-refractivity contribution < 1.29 is 14.3 Å². The fourth-order valence-corrected chi connectivity index (χ4v) is 1.92. The maximum atomic E-state index is 11.4. The predicted octanol–water partition coefficient (Wildman–Crippen LogP) is 1.81. The first-order chi connectivity index (χ1) is 10.6. The van der Waals surface area contributed by atoms with Gasteiger partial charge >= 0.3 is 5.97 Å². The average Bonchev–Trinajstić information content (AvgIpc) is 2.89. The third-order valence-corrected chi connectivity index (χ3v) is 3.21. The first-order valence-corrected chi connectivity index (χ1v) is 7.08. The van der Waals surface area contributed by atoms with Crippen LogP contribution in [0.5, 0.6) is 5.75 Å². The number of hydrogen-bond donors (Lipinski definition) is 1. The van der Waals surface area contributed by atoms with Crippen molar-refractivity contribution in [2.24, 2.45) is 0 Å². The molecule has 0 spiro atoms. The Morgan fingerprint density at radius 3 is 2.68 bits per heavy atom. The first-order valence-electron chi connectivity index (χ1n) is 7.08. The monoisotopic (exact) mass is 304 g/mol. The van der Waals surface area contributed by atoms with E-state index in [0.29, 0.717) is 13.2 Å². The number of hydrogen-bond acceptors (Lipinski definition) is 6. The van der Waals surface area contributed by atoms with Gasteiger partial charge in [0.2, 0.25) is 5.69 Å². The molecule has 1 aromatic carbocycles. The van der Waals surface area contributed by atoms with Crippen molar-refractivity contribution >= 4 is 11.8 Å². The van der Waals surface area contributed by atoms with Crippen molar-refractivity contribution in [3.8, 4) is 5.75 Å². The topological polar surface area (TPSA) is 92.3 Å². The molecule has 2 rings (SSSR count). The van der Waals surface area contributed by atoms with Crippen LogP contribution in [0.1, 0.15) is 28.9 Å². The Balaban J connectivity index is 1.74. The third kappa shape index (κ3) is 3.97. The summed E-state index contributed by atoms with van der Waals surface area (Å²) in [5, 5.41) is 7.57. The number of unbranched alkanes of at least 4 members (excludes halogenated alkanes) is 1. The van der Waals surface area contributed by atoms with Crippen molar-refractivity contribution in [1.29, 1.82) is 0 Å². The van der Waals surface area contributed by atoms with Gasteiger partial charge in [-0.1, -0.05) is 22.9 Å². The lowest BCUT2D eigenvalue weighted by Crippen LogP contribution is -2.09. The second-order valence-corrected chi connectivity index (χ2v) is 4.91. The fourth-order valence-electron chi connectivity index (χ4n) is 1.92. The quantitative estimate of drug-likeness (QED) is 0.619. The van der Waals surface area contributed by atoms with Crippen molar-refractivity contribution in [2.75, 3.05) is 19.5 Å². The molecule has 0 atom stereocenters. The van der Waals surface area contributed by atoms with E-state index in [4.69, 9.17) is 10.5 Å². The Kier molecular flexibility index (Phi) is 5.35. The minimum atomic E-state index is -0.577. The summed E-state index contributed by atoms with van der Waals surface area (Å²) in [5.41, 5.74) is 7.06. The molecule has 0 aliphatic carbocycles. The summed E-state index contributed by atoms with van der Waals surface area (Å²) >= 11 is 0. The van der Waals surface area contributed by atoms with E-state index in [1.165, 1.54) is 17.4 Å². The smallest absolute Gasteiger partial charge is 0.362 e. The Labute approximate surface area is 129 Å². The SMILES string of the molecule is COC(=O)c1nnn(CCCCOc2ccc(C)cc2)c1N. The summed E-state index contributed by atoms with van der Waals surface area (Å²) in [7, 11) is 1.28. The van der Waals surface area contributed by atoms with Gasteiger partial charge in [-0.15, -0.1) is 5.10 Å². The number of nitrogens with two attached hydrogens (primary N) is 1. The first kappa shape index (κ1) is 15.8. The van der Waals surface area contributed by atoms with Gasteiger partial charge in [0.25, 0.3) is 0 Å². The van der Waals surface area contributed by atoms with Crippen molar-refractivity contribution in [2.45, 2.75) is 26.3 Å². The molecule has 0 fully saturated rings. The molecule has 1 aromatic heterocycles. The summed E-state index contributed by atoms with van der Waals surface area (Å²) in [6.07, 6.45) is 1.67. The lowest BCUT2D eigenvalue weighted by molar-refractivity contribution is 0.0595. The number of rotatable bonds is 7. The number of carbonyl (C=O) groups excluding carboxylic acids is 1. The molecule has 0 amide bonds. The molecule has 0 saturated heterocycles. The summed E-state index contributed by atoms with van der Waals surface area (Å²) in [6, 6.07) is 7.93. The number of aryl methyl sites for hydroxylation is 2. The van der Waals surface area contributed by atoms with Crippen LogP contribution in [-0.4, -0.2) is 34.7 Å². The standard InChI is InChI=1S/C15H20N4O3/c1-11-5-7-12(8-6-11)22-10-4-3-9-19-14(16)13(17-18-19)15(20)21-2/h5-8H,3-4,9-10,16H2,1-2H3. The van der Waals surface area contributed by atoms with Gasteiger partial charge in [0, 0.05) is 6.54 Å². The van der Waals surface area contributed by atoms with Gasteiger partial charge < -0.3 is 15.2 Å². The van der Waals surface area contributed by atoms with Gasteiger partial charge in [0.05, 0.1) is 13.7 Å². The largest absolute Gasteiger partial charge is 0.494 e. The lowest BCUT2D eigenvalue weighted by atomic mass is 10.2. The van der Waals surface area contributed by atoms with E-state index >= 15 is 0 Å². The van der Waals surface area contributed by atoms with Gasteiger partial charge in [0.1, 0.15) is 5.75 Å². The molecule has 2 N–H and O–H groups in total. The van der Waals surface area contributed by atoms with E-state index in [1.807, 2.05) is 31.2 Å². The number of carbonyl (C=O) groups is 1. The van der Waals surface area contributed by atoms with Crippen LogP contribution in [0.2, 0.25) is 0 Å². The van der Waals surface area contributed by atoms with Crippen LogP contribution >= 0.6 is 0 Å². The highest BCUT2D eigenvalue weighted by Gasteiger charge is 2.17. The predicted molar refractivity (Wildman–Crippen MR) is 81.7 cm³/mol. The molecule has 7 heteroatoms. The Morgan fingerprint density at radius 2 is 2.00 bits per heavy atom. The van der Waals surface area contributed by atoms with Crippen LogP contribution in [0, 0.1) is 6.92 Å². The van der Waals surface area contributed by atoms with Gasteiger partial charge in [-0.3, -0.25) is 0 Å². The molecule has 0 saturated carbocycles. The maximum Gasteiger partial charge on any atom is 0.362 e. The number of nitrogens with zero attached hydrogens (tertiary/aromatic N) is 3. The molecular weight excluding hydrogens is 284 g/mol. The number of methoxy groups -OCH3 is 1. The molecule has 0 radical (unpaired) electrons. The molecule has 0 unspecified atom stereocenters. The summed E-state index contributed by atoms with van der Waals surface area (Å²) in [5.74, 6) is 0.511. The minimum absolute atomic E-state index is 0.0541. The van der Waals surface area contributed by atoms with Crippen LogP contribution < -0.4 is 10.5 Å². The number of aromatic nitrogens is 3. The summed E-state index contributed by atoms with van der Waals surface area (Å²) in [4.78, 5) is 11.4. The van der Waals surface area contributed by atoms with E-state index in [9.17, 15) is 4.79 Å². The third-order valence-electron chi connectivity index (χ3n) is 3.21. The van der Waals surface area contributed by atoms with E-state index in [0.717, 1.165) is 18.6 Å². The van der Waals surface area contributed by atoms with Gasteiger partial charge in [-0.05, 0) is 31.9 Å². The maximum absolute atomic E-state index is 11.4. The number of anilines is 1. The minimum Gasteiger partial charge on any atom is -0.494 e. The normalized spacial score (nSPS) is 10.5. The number of ether oxygens (including phenoxy) is 2. The number of benzene rings is 1. The van der Waals surface area contributed by atoms with Crippen molar-refractivity contribution in [3.63, 3.8) is 0 Å². The van der Waals surface area contributed by atoms with Gasteiger partial charge in [0.15, 0.2) is 5.82 Å². The molecular formula is C15H20N4O3. The Morgan fingerprint density at radius 1 is 1.27 bits per heavy atom. The Bertz CT molecular complexity index is 622. The van der Waals surface area contributed by atoms with Gasteiger partial charge in [-0.2, -0.15) is 0 Å². The molecule has 118 valence electrons. The van der Waals surface area contributed by atoms with E-state index < -0.39 is 5.97 Å². The molecule has 22 heavy (non-hydrogen) atoms. The number of nitrogen functional groups attached to an aromatic ring is 1. The van der Waals surface area contributed by atoms with Crippen LogP contribution in [0.3, 0.4) is 0 Å². The van der Waals surface area contributed by atoms with Crippen LogP contribution in [-0.2, 0) is 11.3 Å². The highest BCUT2D eigenvalue weighted by atomic mass is 16.5. The molecule has 1 heterocycles. The molecule has 0 aliphatic heterocycles. The zero-order chi connectivity index (χ0) is 15.9. The summed E-state index contributed by atoms with van der Waals surface area (Å²) in [6.45, 7) is 3.23. The van der Waals surface area contributed by atoms with E-state index in [2.05, 4.69) is 15.0 Å². The van der Waals surface area contributed by atoms with Crippen molar-refractivity contribution in [1.82, 2.24) is 15.0 Å². The molecule has 7 nitrogen and oxygen atoms in total. The van der Waals surface area contributed by atoms with Crippen molar-refractivity contribution in [3.05, 3.63) is 35.5 Å².